The summed E-state index contributed by atoms with van der Waals surface area (Å²) < 4.78 is 11.5. The molecule has 0 bridgehead atoms. The van der Waals surface area contributed by atoms with Crippen LogP contribution < -0.4 is 10.1 Å². The number of amides is 1. The van der Waals surface area contributed by atoms with Crippen LogP contribution in [0.4, 0.5) is 11.4 Å². The monoisotopic (exact) mass is 402 g/mol. The molecular weight excluding hydrogens is 392 g/mol. The van der Waals surface area contributed by atoms with Crippen molar-refractivity contribution in [2.24, 2.45) is 0 Å². The van der Waals surface area contributed by atoms with Crippen LogP contribution >= 0.6 is 15.9 Å². The number of nitro groups is 1. The van der Waals surface area contributed by atoms with Gasteiger partial charge >= 0.3 is 0 Å². The summed E-state index contributed by atoms with van der Waals surface area (Å²) in [6.07, 6.45) is 1.37. The van der Waals surface area contributed by atoms with Crippen molar-refractivity contribution in [2.45, 2.75) is 0 Å². The van der Waals surface area contributed by atoms with Crippen LogP contribution in [-0.2, 0) is 0 Å². The van der Waals surface area contributed by atoms with Gasteiger partial charge in [-0.1, -0.05) is 15.9 Å². The lowest BCUT2D eigenvalue weighted by atomic mass is 10.2. The lowest BCUT2D eigenvalue weighted by Gasteiger charge is -2.09. The first kappa shape index (κ1) is 16.7. The van der Waals surface area contributed by atoms with Crippen molar-refractivity contribution < 1.29 is 18.9 Å². The van der Waals surface area contributed by atoms with Crippen molar-refractivity contribution >= 4 is 33.2 Å². The Morgan fingerprint density at radius 3 is 2.52 bits per heavy atom. The number of rotatable bonds is 5. The normalized spacial score (nSPS) is 10.3. The Balaban J connectivity index is 1.87. The summed E-state index contributed by atoms with van der Waals surface area (Å²) in [5, 5.41) is 13.7. The molecule has 0 aliphatic carbocycles. The highest BCUT2D eigenvalue weighted by Gasteiger charge is 2.15. The molecule has 0 spiro atoms. The zero-order valence-electron chi connectivity index (χ0n) is 12.6. The summed E-state index contributed by atoms with van der Waals surface area (Å²) in [4.78, 5) is 22.6. The molecule has 0 atom stereocenters. The summed E-state index contributed by atoms with van der Waals surface area (Å²) in [6, 6.07) is 14.1. The minimum atomic E-state index is -0.559. The number of non-ortho nitro benzene ring substituents is 1. The van der Waals surface area contributed by atoms with E-state index in [1.54, 1.807) is 30.3 Å². The average molecular weight is 403 g/mol. The number of nitro benzene ring substituents is 1. The third-order valence-electron chi connectivity index (χ3n) is 3.15. The highest BCUT2D eigenvalue weighted by atomic mass is 79.9. The first-order valence-electron chi connectivity index (χ1n) is 7.09. The van der Waals surface area contributed by atoms with E-state index in [0.717, 1.165) is 4.47 Å². The molecule has 0 aliphatic heterocycles. The smallest absolute Gasteiger partial charge is 0.291 e. The number of nitrogens with one attached hydrogen (secondary N) is 1. The fourth-order valence-electron chi connectivity index (χ4n) is 2.06. The number of anilines is 1. The van der Waals surface area contributed by atoms with Crippen LogP contribution in [0.5, 0.6) is 11.5 Å². The molecule has 1 N–H and O–H groups in total. The van der Waals surface area contributed by atoms with Gasteiger partial charge in [0.2, 0.25) is 0 Å². The van der Waals surface area contributed by atoms with Gasteiger partial charge in [0.1, 0.15) is 11.5 Å². The van der Waals surface area contributed by atoms with Crippen LogP contribution in [0, 0.1) is 10.1 Å². The van der Waals surface area contributed by atoms with E-state index in [1.807, 2.05) is 0 Å². The molecule has 0 saturated heterocycles. The molecule has 0 unspecified atom stereocenters. The molecule has 0 saturated carbocycles. The Morgan fingerprint density at radius 1 is 1.12 bits per heavy atom. The van der Waals surface area contributed by atoms with E-state index >= 15 is 0 Å². The Labute approximate surface area is 150 Å². The molecule has 1 amide bonds. The van der Waals surface area contributed by atoms with Crippen LogP contribution in [0.25, 0.3) is 0 Å². The zero-order valence-corrected chi connectivity index (χ0v) is 14.2. The number of hydrogen-bond donors (Lipinski definition) is 1. The maximum atomic E-state index is 12.0. The van der Waals surface area contributed by atoms with Crippen molar-refractivity contribution in [1.29, 1.82) is 0 Å². The fraction of sp³-hybridized carbons (Fsp3) is 0. The molecular formula is C17H11BrN2O5. The summed E-state index contributed by atoms with van der Waals surface area (Å²) in [5.41, 5.74) is 0.0204. The van der Waals surface area contributed by atoms with Gasteiger partial charge in [0.25, 0.3) is 11.6 Å². The number of ether oxygens (including phenoxy) is 1. The van der Waals surface area contributed by atoms with Gasteiger partial charge in [-0.25, -0.2) is 0 Å². The van der Waals surface area contributed by atoms with Crippen molar-refractivity contribution in [3.8, 4) is 11.5 Å². The summed E-state index contributed by atoms with van der Waals surface area (Å²) >= 11 is 3.32. The van der Waals surface area contributed by atoms with Gasteiger partial charge in [0.15, 0.2) is 5.76 Å². The largest absolute Gasteiger partial charge is 0.459 e. The second kappa shape index (κ2) is 7.18. The number of halogens is 1. The van der Waals surface area contributed by atoms with Crippen LogP contribution in [-0.4, -0.2) is 10.8 Å². The molecule has 0 radical (unpaired) electrons. The highest BCUT2D eigenvalue weighted by Crippen LogP contribution is 2.30. The predicted octanol–water partition coefficient (Wildman–Crippen LogP) is 4.99. The lowest BCUT2D eigenvalue weighted by molar-refractivity contribution is -0.384. The van der Waals surface area contributed by atoms with Gasteiger partial charge < -0.3 is 14.5 Å². The van der Waals surface area contributed by atoms with Crippen molar-refractivity contribution in [1.82, 2.24) is 0 Å². The van der Waals surface area contributed by atoms with Crippen LogP contribution in [0.1, 0.15) is 10.6 Å². The second-order valence-electron chi connectivity index (χ2n) is 4.96. The van der Waals surface area contributed by atoms with Crippen molar-refractivity contribution in [3.63, 3.8) is 0 Å². The molecule has 3 aromatic rings. The van der Waals surface area contributed by atoms with Gasteiger partial charge in [0.05, 0.1) is 22.9 Å². The molecule has 1 aromatic heterocycles. The average Bonchev–Trinajstić information content (AvgIpc) is 3.11. The Hall–Kier alpha value is -3.13. The fourth-order valence-corrected chi connectivity index (χ4v) is 2.32. The van der Waals surface area contributed by atoms with E-state index in [2.05, 4.69) is 21.2 Å². The van der Waals surface area contributed by atoms with E-state index in [1.165, 1.54) is 30.5 Å². The Morgan fingerprint density at radius 2 is 1.88 bits per heavy atom. The lowest BCUT2D eigenvalue weighted by Crippen LogP contribution is -2.11. The maximum absolute atomic E-state index is 12.0. The number of nitrogens with zero attached hydrogens (tertiary/aromatic N) is 1. The predicted molar refractivity (Wildman–Crippen MR) is 94.0 cm³/mol. The first-order chi connectivity index (χ1) is 12.0. The zero-order chi connectivity index (χ0) is 17.8. The van der Waals surface area contributed by atoms with Gasteiger partial charge in [-0.05, 0) is 36.4 Å². The Kier molecular flexibility index (Phi) is 4.80. The summed E-state index contributed by atoms with van der Waals surface area (Å²) in [7, 11) is 0. The molecule has 8 heteroatoms. The quantitative estimate of drug-likeness (QED) is 0.478. The topological polar surface area (TPSA) is 94.6 Å². The molecule has 7 nitrogen and oxygen atoms in total. The maximum Gasteiger partial charge on any atom is 0.291 e. The molecule has 0 fully saturated rings. The minimum absolute atomic E-state index is 0.0990. The van der Waals surface area contributed by atoms with E-state index < -0.39 is 10.8 Å². The Bertz CT molecular complexity index is 907. The molecule has 3 rings (SSSR count). The van der Waals surface area contributed by atoms with Crippen molar-refractivity contribution in [2.75, 3.05) is 5.32 Å². The SMILES string of the molecule is O=C(Nc1cc(Oc2ccc(Br)cc2)cc([N+](=O)[O-])c1)c1ccco1. The molecule has 2 aromatic carbocycles. The van der Waals surface area contributed by atoms with Gasteiger partial charge in [-0.2, -0.15) is 0 Å². The van der Waals surface area contributed by atoms with Gasteiger partial charge in [-0.15, -0.1) is 0 Å². The number of carbonyl (C=O) groups is 1. The number of carbonyl (C=O) groups excluding carboxylic acids is 1. The molecule has 0 aliphatic rings. The van der Waals surface area contributed by atoms with Gasteiger partial charge in [-0.3, -0.25) is 14.9 Å². The van der Waals surface area contributed by atoms with E-state index in [9.17, 15) is 14.9 Å². The van der Waals surface area contributed by atoms with E-state index in [4.69, 9.17) is 9.15 Å². The summed E-state index contributed by atoms with van der Waals surface area (Å²) in [5.74, 6) is 0.320. The number of furan rings is 1. The standard InChI is InChI=1S/C17H11BrN2O5/c18-11-3-5-14(6-4-11)25-15-9-12(8-13(10-15)20(22)23)19-17(21)16-2-1-7-24-16/h1-10H,(H,19,21). The number of hydrogen-bond acceptors (Lipinski definition) is 5. The third-order valence-corrected chi connectivity index (χ3v) is 3.68. The van der Waals surface area contributed by atoms with Crippen LogP contribution in [0.15, 0.2) is 69.8 Å². The highest BCUT2D eigenvalue weighted by molar-refractivity contribution is 9.10. The molecule has 25 heavy (non-hydrogen) atoms. The van der Waals surface area contributed by atoms with Crippen LogP contribution in [0.3, 0.4) is 0 Å². The second-order valence-corrected chi connectivity index (χ2v) is 5.88. The number of benzene rings is 2. The first-order valence-corrected chi connectivity index (χ1v) is 7.88. The summed E-state index contributed by atoms with van der Waals surface area (Å²) in [6.45, 7) is 0. The van der Waals surface area contributed by atoms with Crippen molar-refractivity contribution in [3.05, 3.63) is 81.2 Å². The third kappa shape index (κ3) is 4.24. The molecule has 1 heterocycles. The van der Waals surface area contributed by atoms with Gasteiger partial charge in [0, 0.05) is 16.6 Å². The van der Waals surface area contributed by atoms with E-state index in [-0.39, 0.29) is 22.9 Å². The van der Waals surface area contributed by atoms with E-state index in [0.29, 0.717) is 5.75 Å². The van der Waals surface area contributed by atoms with Crippen LogP contribution in [0.2, 0.25) is 0 Å². The minimum Gasteiger partial charge on any atom is -0.459 e. The molecule has 126 valence electrons.